The third-order valence-corrected chi connectivity index (χ3v) is 4.53. The molecule has 0 aliphatic rings. The maximum absolute atomic E-state index is 12.5. The first-order valence-electron chi connectivity index (χ1n) is 9.27. The first-order valence-corrected chi connectivity index (χ1v) is 10.5. The quantitative estimate of drug-likeness (QED) is 0.511. The molecule has 154 valence electrons. The molecule has 0 spiro atoms. The van der Waals surface area contributed by atoms with E-state index in [1.54, 1.807) is 42.5 Å². The van der Waals surface area contributed by atoms with Crippen LogP contribution in [0.25, 0.3) is 0 Å². The minimum absolute atomic E-state index is 0.0302. The number of ether oxygens (including phenoxy) is 1. The van der Waals surface area contributed by atoms with Gasteiger partial charge in [-0.3, -0.25) is 14.9 Å². The van der Waals surface area contributed by atoms with E-state index in [-0.39, 0.29) is 23.0 Å². The van der Waals surface area contributed by atoms with Crippen LogP contribution < -0.4 is 20.7 Å². The van der Waals surface area contributed by atoms with Crippen molar-refractivity contribution in [2.24, 2.45) is 0 Å². The molecule has 2 aromatic carbocycles. The first-order chi connectivity index (χ1) is 13.8. The molecule has 6 nitrogen and oxygen atoms in total. The molecule has 0 heterocycles. The molecule has 0 radical (unpaired) electrons. The lowest BCUT2D eigenvalue weighted by Crippen LogP contribution is -2.34. The molecule has 2 aromatic rings. The molecule has 0 atom stereocenters. The molecule has 0 fully saturated rings. The molecule has 0 bridgehead atoms. The molecular formula is C21H24BrN3O3S. The maximum Gasteiger partial charge on any atom is 0.257 e. The van der Waals surface area contributed by atoms with Gasteiger partial charge in [0.15, 0.2) is 5.11 Å². The van der Waals surface area contributed by atoms with Gasteiger partial charge < -0.3 is 15.4 Å². The van der Waals surface area contributed by atoms with E-state index in [1.165, 1.54) is 0 Å². The monoisotopic (exact) mass is 477 g/mol. The Hall–Kier alpha value is -2.45. The molecule has 2 amide bonds. The number of anilines is 1. The van der Waals surface area contributed by atoms with Gasteiger partial charge in [-0.05, 0) is 84.8 Å². The Morgan fingerprint density at radius 3 is 2.48 bits per heavy atom. The molecule has 8 heteroatoms. The largest absolute Gasteiger partial charge is 0.490 e. The summed E-state index contributed by atoms with van der Waals surface area (Å²) in [5.74, 6) is 0.158. The highest BCUT2D eigenvalue weighted by molar-refractivity contribution is 9.10. The molecular weight excluding hydrogens is 454 g/mol. The maximum atomic E-state index is 12.5. The minimum Gasteiger partial charge on any atom is -0.490 e. The fourth-order valence-electron chi connectivity index (χ4n) is 2.41. The van der Waals surface area contributed by atoms with Crippen LogP contribution in [0.2, 0.25) is 0 Å². The summed E-state index contributed by atoms with van der Waals surface area (Å²) in [6, 6.07) is 12.0. The van der Waals surface area contributed by atoms with Gasteiger partial charge in [-0.1, -0.05) is 13.0 Å². The predicted molar refractivity (Wildman–Crippen MR) is 123 cm³/mol. The van der Waals surface area contributed by atoms with Crippen molar-refractivity contribution in [2.45, 2.75) is 33.3 Å². The number of rotatable bonds is 7. The second kappa shape index (κ2) is 10.9. The fourth-order valence-corrected chi connectivity index (χ4v) is 3.09. The Morgan fingerprint density at radius 1 is 1.10 bits per heavy atom. The van der Waals surface area contributed by atoms with Crippen molar-refractivity contribution in [1.29, 1.82) is 0 Å². The highest BCUT2D eigenvalue weighted by Gasteiger charge is 2.12. The van der Waals surface area contributed by atoms with E-state index in [0.717, 1.165) is 6.42 Å². The molecule has 0 aromatic heterocycles. The van der Waals surface area contributed by atoms with Gasteiger partial charge in [-0.2, -0.15) is 0 Å². The average Bonchev–Trinajstić information content (AvgIpc) is 2.67. The number of thiocarbonyl (C=S) groups is 1. The van der Waals surface area contributed by atoms with Crippen molar-refractivity contribution in [3.63, 3.8) is 0 Å². The lowest BCUT2D eigenvalue weighted by atomic mass is 10.2. The number of nitrogens with one attached hydrogen (secondary N) is 3. The van der Waals surface area contributed by atoms with E-state index < -0.39 is 0 Å². The Balaban J connectivity index is 1.99. The standard InChI is InChI=1S/C21H24BrN3O3S/c1-4-10-23-19(26)14-6-5-7-16(11-14)24-21(29)25-20(27)15-8-9-18(17(22)12-15)28-13(2)3/h5-9,11-13H,4,10H2,1-3H3,(H,23,26)(H2,24,25,27,29). The zero-order chi connectivity index (χ0) is 21.4. The molecule has 0 aliphatic carbocycles. The van der Waals surface area contributed by atoms with E-state index >= 15 is 0 Å². The van der Waals surface area contributed by atoms with Crippen LogP contribution in [0.3, 0.4) is 0 Å². The van der Waals surface area contributed by atoms with Crippen LogP contribution in [0.1, 0.15) is 47.9 Å². The molecule has 0 aliphatic heterocycles. The number of carbonyl (C=O) groups is 2. The lowest BCUT2D eigenvalue weighted by molar-refractivity contribution is 0.0951. The average molecular weight is 478 g/mol. The molecule has 2 rings (SSSR count). The van der Waals surface area contributed by atoms with E-state index in [0.29, 0.717) is 33.6 Å². The van der Waals surface area contributed by atoms with Crippen LogP contribution in [-0.4, -0.2) is 29.6 Å². The van der Waals surface area contributed by atoms with Crippen LogP contribution in [0, 0.1) is 0 Å². The first kappa shape index (κ1) is 22.8. The summed E-state index contributed by atoms with van der Waals surface area (Å²) in [4.78, 5) is 24.5. The van der Waals surface area contributed by atoms with Crippen molar-refractivity contribution in [3.05, 3.63) is 58.1 Å². The molecule has 0 unspecified atom stereocenters. The predicted octanol–water partition coefficient (Wildman–Crippen LogP) is 4.50. The van der Waals surface area contributed by atoms with Gasteiger partial charge in [-0.15, -0.1) is 0 Å². The Bertz CT molecular complexity index is 902. The second-order valence-electron chi connectivity index (χ2n) is 6.56. The summed E-state index contributed by atoms with van der Waals surface area (Å²) in [6.07, 6.45) is 0.892. The number of halogens is 1. The van der Waals surface area contributed by atoms with Gasteiger partial charge in [0.25, 0.3) is 11.8 Å². The molecule has 0 saturated carbocycles. The number of hydrogen-bond donors (Lipinski definition) is 3. The van der Waals surface area contributed by atoms with E-state index in [2.05, 4.69) is 31.9 Å². The third-order valence-electron chi connectivity index (χ3n) is 3.70. The highest BCUT2D eigenvalue weighted by Crippen LogP contribution is 2.27. The van der Waals surface area contributed by atoms with Crippen molar-refractivity contribution >= 4 is 50.8 Å². The summed E-state index contributed by atoms with van der Waals surface area (Å²) in [5, 5.41) is 8.52. The Kier molecular flexibility index (Phi) is 8.60. The number of hydrogen-bond acceptors (Lipinski definition) is 4. The summed E-state index contributed by atoms with van der Waals surface area (Å²) >= 11 is 8.64. The lowest BCUT2D eigenvalue weighted by Gasteiger charge is -2.13. The minimum atomic E-state index is -0.351. The second-order valence-corrected chi connectivity index (χ2v) is 7.82. The topological polar surface area (TPSA) is 79.5 Å². The van der Waals surface area contributed by atoms with Gasteiger partial charge in [0.05, 0.1) is 10.6 Å². The Labute approximate surface area is 184 Å². The number of carbonyl (C=O) groups excluding carboxylic acids is 2. The van der Waals surface area contributed by atoms with Crippen molar-refractivity contribution in [2.75, 3.05) is 11.9 Å². The normalized spacial score (nSPS) is 10.4. The van der Waals surface area contributed by atoms with Crippen molar-refractivity contribution in [1.82, 2.24) is 10.6 Å². The fraction of sp³-hybridized carbons (Fsp3) is 0.286. The van der Waals surface area contributed by atoms with Gasteiger partial charge in [-0.25, -0.2) is 0 Å². The van der Waals surface area contributed by atoms with Crippen molar-refractivity contribution < 1.29 is 14.3 Å². The van der Waals surface area contributed by atoms with E-state index in [1.807, 2.05) is 20.8 Å². The van der Waals surface area contributed by atoms with Gasteiger partial charge >= 0.3 is 0 Å². The third kappa shape index (κ3) is 7.14. The van der Waals surface area contributed by atoms with E-state index in [4.69, 9.17) is 17.0 Å². The Morgan fingerprint density at radius 2 is 1.83 bits per heavy atom. The van der Waals surface area contributed by atoms with Crippen molar-refractivity contribution in [3.8, 4) is 5.75 Å². The van der Waals surface area contributed by atoms with Crippen LogP contribution >= 0.6 is 28.1 Å². The smallest absolute Gasteiger partial charge is 0.257 e. The van der Waals surface area contributed by atoms with Gasteiger partial charge in [0.2, 0.25) is 0 Å². The SMILES string of the molecule is CCCNC(=O)c1cccc(NC(=S)NC(=O)c2ccc(OC(C)C)c(Br)c2)c1. The van der Waals surface area contributed by atoms with Crippen LogP contribution in [-0.2, 0) is 0 Å². The van der Waals surface area contributed by atoms with Crippen LogP contribution in [0.15, 0.2) is 46.9 Å². The molecule has 0 saturated heterocycles. The van der Waals surface area contributed by atoms with Gasteiger partial charge in [0, 0.05) is 23.4 Å². The van der Waals surface area contributed by atoms with Gasteiger partial charge in [0.1, 0.15) is 5.75 Å². The molecule has 29 heavy (non-hydrogen) atoms. The zero-order valence-corrected chi connectivity index (χ0v) is 18.9. The van der Waals surface area contributed by atoms with Crippen LogP contribution in [0.5, 0.6) is 5.75 Å². The number of amides is 2. The van der Waals surface area contributed by atoms with Crippen LogP contribution in [0.4, 0.5) is 5.69 Å². The molecule has 3 N–H and O–H groups in total. The summed E-state index contributed by atoms with van der Waals surface area (Å²) in [5.41, 5.74) is 1.56. The summed E-state index contributed by atoms with van der Waals surface area (Å²) in [6.45, 7) is 6.46. The summed E-state index contributed by atoms with van der Waals surface area (Å²) in [7, 11) is 0. The highest BCUT2D eigenvalue weighted by atomic mass is 79.9. The number of benzene rings is 2. The van der Waals surface area contributed by atoms with E-state index in [9.17, 15) is 9.59 Å². The summed E-state index contributed by atoms with van der Waals surface area (Å²) < 4.78 is 6.33. The zero-order valence-electron chi connectivity index (χ0n) is 16.5.